The van der Waals surface area contributed by atoms with Crippen LogP contribution in [0.3, 0.4) is 0 Å². The Morgan fingerprint density at radius 3 is 2.40 bits per heavy atom. The number of rotatable bonds is 2. The minimum atomic E-state index is 0.342. The molecule has 2 rings (SSSR count). The molecule has 1 aliphatic rings. The molecule has 1 atom stereocenters. The first-order valence-corrected chi connectivity index (χ1v) is 5.16. The van der Waals surface area contributed by atoms with Gasteiger partial charge in [0.1, 0.15) is 0 Å². The molecule has 1 heterocycles. The summed E-state index contributed by atoms with van der Waals surface area (Å²) in [6.45, 7) is 4.64. The van der Waals surface area contributed by atoms with E-state index in [0.29, 0.717) is 12.8 Å². The third-order valence-corrected chi connectivity index (χ3v) is 2.99. The van der Waals surface area contributed by atoms with Crippen LogP contribution in [0.15, 0.2) is 12.1 Å². The minimum absolute atomic E-state index is 0.342. The lowest BCUT2D eigenvalue weighted by Gasteiger charge is -2.22. The lowest BCUT2D eigenvalue weighted by atomic mass is 10.0. The van der Waals surface area contributed by atoms with E-state index in [0.717, 1.165) is 11.5 Å². The monoisotopic (exact) mass is 207 g/mol. The molecule has 0 amide bonds. The van der Waals surface area contributed by atoms with Crippen LogP contribution >= 0.6 is 0 Å². The zero-order valence-electron chi connectivity index (χ0n) is 9.70. The molecule has 0 aromatic heterocycles. The highest BCUT2D eigenvalue weighted by atomic mass is 16.7. The summed E-state index contributed by atoms with van der Waals surface area (Å²) < 4.78 is 10.7. The van der Waals surface area contributed by atoms with Crippen molar-refractivity contribution >= 4 is 0 Å². The molecule has 0 N–H and O–H groups in total. The molecule has 3 heteroatoms. The lowest BCUT2D eigenvalue weighted by molar-refractivity contribution is 0.174. The van der Waals surface area contributed by atoms with E-state index < -0.39 is 0 Å². The molecular formula is C12H17NO2. The van der Waals surface area contributed by atoms with Gasteiger partial charge in [-0.25, -0.2) is 0 Å². The Balaban J connectivity index is 2.40. The van der Waals surface area contributed by atoms with Gasteiger partial charge in [0, 0.05) is 6.04 Å². The van der Waals surface area contributed by atoms with Gasteiger partial charge in [0.2, 0.25) is 6.79 Å². The van der Waals surface area contributed by atoms with Gasteiger partial charge in [-0.15, -0.1) is 0 Å². The molecule has 0 bridgehead atoms. The van der Waals surface area contributed by atoms with Crippen LogP contribution in [0.2, 0.25) is 0 Å². The van der Waals surface area contributed by atoms with Gasteiger partial charge in [-0.05, 0) is 51.2 Å². The molecule has 1 aliphatic heterocycles. The van der Waals surface area contributed by atoms with Gasteiger partial charge in [0.25, 0.3) is 0 Å². The fourth-order valence-electron chi connectivity index (χ4n) is 1.79. The normalized spacial score (nSPS) is 15.8. The van der Waals surface area contributed by atoms with Gasteiger partial charge in [-0.3, -0.25) is 0 Å². The van der Waals surface area contributed by atoms with E-state index in [1.165, 1.54) is 11.1 Å². The largest absolute Gasteiger partial charge is 0.454 e. The van der Waals surface area contributed by atoms with Crippen LogP contribution in [-0.4, -0.2) is 25.8 Å². The highest BCUT2D eigenvalue weighted by molar-refractivity contribution is 5.49. The maximum Gasteiger partial charge on any atom is 0.231 e. The van der Waals surface area contributed by atoms with Gasteiger partial charge < -0.3 is 14.4 Å². The smallest absolute Gasteiger partial charge is 0.231 e. The number of aryl methyl sites for hydroxylation is 1. The molecule has 0 spiro atoms. The number of ether oxygens (including phenoxy) is 2. The van der Waals surface area contributed by atoms with E-state index in [9.17, 15) is 0 Å². The van der Waals surface area contributed by atoms with Crippen molar-refractivity contribution < 1.29 is 9.47 Å². The molecule has 0 fully saturated rings. The number of hydrogen-bond acceptors (Lipinski definition) is 3. The first-order valence-electron chi connectivity index (χ1n) is 5.16. The second-order valence-electron chi connectivity index (χ2n) is 4.20. The van der Waals surface area contributed by atoms with Crippen LogP contribution in [0, 0.1) is 6.92 Å². The van der Waals surface area contributed by atoms with Crippen molar-refractivity contribution in [2.24, 2.45) is 0 Å². The third kappa shape index (κ3) is 1.79. The second-order valence-corrected chi connectivity index (χ2v) is 4.20. The summed E-state index contributed by atoms with van der Waals surface area (Å²) in [7, 11) is 4.16. The molecule has 0 saturated heterocycles. The van der Waals surface area contributed by atoms with Crippen molar-refractivity contribution in [1.82, 2.24) is 4.90 Å². The fraction of sp³-hybridized carbons (Fsp3) is 0.500. The van der Waals surface area contributed by atoms with E-state index in [1.807, 2.05) is 0 Å². The fourth-order valence-corrected chi connectivity index (χ4v) is 1.79. The Morgan fingerprint density at radius 2 is 1.80 bits per heavy atom. The maximum atomic E-state index is 5.38. The number of benzene rings is 1. The van der Waals surface area contributed by atoms with Crippen LogP contribution in [0.4, 0.5) is 0 Å². The second kappa shape index (κ2) is 3.74. The van der Waals surface area contributed by atoms with Gasteiger partial charge in [-0.2, -0.15) is 0 Å². The first-order chi connectivity index (χ1) is 7.09. The van der Waals surface area contributed by atoms with Crippen LogP contribution < -0.4 is 9.47 Å². The highest BCUT2D eigenvalue weighted by Gasteiger charge is 2.18. The Bertz CT molecular complexity index is 374. The molecule has 0 aliphatic carbocycles. The van der Waals surface area contributed by atoms with E-state index in [2.05, 4.69) is 45.0 Å². The topological polar surface area (TPSA) is 21.7 Å². The summed E-state index contributed by atoms with van der Waals surface area (Å²) in [6.07, 6.45) is 0. The minimum Gasteiger partial charge on any atom is -0.454 e. The number of nitrogens with zero attached hydrogens (tertiary/aromatic N) is 1. The van der Waals surface area contributed by atoms with Crippen molar-refractivity contribution in [2.45, 2.75) is 19.9 Å². The molecule has 1 aromatic carbocycles. The summed E-state index contributed by atoms with van der Waals surface area (Å²) >= 11 is 0. The average molecular weight is 207 g/mol. The van der Waals surface area contributed by atoms with Gasteiger partial charge in [0.05, 0.1) is 0 Å². The summed E-state index contributed by atoms with van der Waals surface area (Å²) in [6, 6.07) is 4.53. The predicted molar refractivity (Wildman–Crippen MR) is 59.4 cm³/mol. The Kier molecular flexibility index (Phi) is 2.57. The molecule has 82 valence electrons. The zero-order valence-corrected chi connectivity index (χ0v) is 9.70. The molecule has 3 nitrogen and oxygen atoms in total. The zero-order chi connectivity index (χ0) is 11.0. The summed E-state index contributed by atoms with van der Waals surface area (Å²) in [5.41, 5.74) is 2.55. The number of hydrogen-bond donors (Lipinski definition) is 0. The average Bonchev–Trinajstić information content (AvgIpc) is 2.62. The Morgan fingerprint density at radius 1 is 1.20 bits per heavy atom. The summed E-state index contributed by atoms with van der Waals surface area (Å²) in [4.78, 5) is 2.19. The molecule has 0 radical (unpaired) electrons. The molecule has 0 saturated carbocycles. The van der Waals surface area contributed by atoms with E-state index >= 15 is 0 Å². The van der Waals surface area contributed by atoms with Crippen LogP contribution in [0.5, 0.6) is 11.5 Å². The van der Waals surface area contributed by atoms with E-state index in [4.69, 9.17) is 9.47 Å². The van der Waals surface area contributed by atoms with Crippen LogP contribution in [0.1, 0.15) is 24.1 Å². The summed E-state index contributed by atoms with van der Waals surface area (Å²) in [5.74, 6) is 1.73. The highest BCUT2D eigenvalue weighted by Crippen LogP contribution is 2.37. The van der Waals surface area contributed by atoms with Crippen molar-refractivity contribution in [3.63, 3.8) is 0 Å². The van der Waals surface area contributed by atoms with Crippen molar-refractivity contribution in [3.8, 4) is 11.5 Å². The van der Waals surface area contributed by atoms with Crippen molar-refractivity contribution in [3.05, 3.63) is 23.3 Å². The quantitative estimate of drug-likeness (QED) is 0.743. The van der Waals surface area contributed by atoms with E-state index in [-0.39, 0.29) is 0 Å². The maximum absolute atomic E-state index is 5.38. The Hall–Kier alpha value is -1.22. The van der Waals surface area contributed by atoms with Crippen molar-refractivity contribution in [2.75, 3.05) is 20.9 Å². The molecule has 15 heavy (non-hydrogen) atoms. The van der Waals surface area contributed by atoms with Crippen molar-refractivity contribution in [1.29, 1.82) is 0 Å². The number of fused-ring (bicyclic) bond motifs is 1. The Labute approximate surface area is 90.6 Å². The van der Waals surface area contributed by atoms with Crippen LogP contribution in [-0.2, 0) is 0 Å². The van der Waals surface area contributed by atoms with E-state index in [1.54, 1.807) is 0 Å². The predicted octanol–water partition coefficient (Wildman–Crippen LogP) is 2.35. The van der Waals surface area contributed by atoms with Gasteiger partial charge >= 0.3 is 0 Å². The van der Waals surface area contributed by atoms with Gasteiger partial charge in [0.15, 0.2) is 11.5 Å². The SMILES string of the molecule is Cc1cc2c(cc1C(C)N(C)C)OCO2. The standard InChI is InChI=1S/C12H17NO2/c1-8-5-11-12(15-7-14-11)6-10(8)9(2)13(3)4/h5-6,9H,7H2,1-4H3. The third-order valence-electron chi connectivity index (χ3n) is 2.99. The molecule has 1 unspecified atom stereocenters. The molecular weight excluding hydrogens is 190 g/mol. The van der Waals surface area contributed by atoms with Gasteiger partial charge in [-0.1, -0.05) is 0 Å². The summed E-state index contributed by atoms with van der Waals surface area (Å²) in [5, 5.41) is 0. The van der Waals surface area contributed by atoms with Crippen LogP contribution in [0.25, 0.3) is 0 Å². The molecule has 1 aromatic rings. The lowest BCUT2D eigenvalue weighted by Crippen LogP contribution is -2.17. The first kappa shape index (κ1) is 10.3.